The number of anilines is 1. The molecule has 1 radical (unpaired) electrons. The van der Waals surface area contributed by atoms with Crippen LogP contribution in [0, 0.1) is 5.38 Å². The van der Waals surface area contributed by atoms with Crippen molar-refractivity contribution in [3.8, 4) is 0 Å². The van der Waals surface area contributed by atoms with Crippen molar-refractivity contribution in [2.75, 3.05) is 38.1 Å². The number of hydrogen-bond acceptors (Lipinski definition) is 4. The molecule has 0 aliphatic carbocycles. The lowest BCUT2D eigenvalue weighted by atomic mass is 10.3. The molecule has 0 aromatic carbocycles. The van der Waals surface area contributed by atoms with E-state index in [0.29, 0.717) is 0 Å². The average Bonchev–Trinajstić information content (AvgIpc) is 2.58. The maximum absolute atomic E-state index is 4.24. The summed E-state index contributed by atoms with van der Waals surface area (Å²) in [5.41, 5.74) is 0. The zero-order valence-corrected chi connectivity index (χ0v) is 7.97. The fourth-order valence-electron chi connectivity index (χ4n) is 1.33. The molecule has 1 fully saturated rings. The Hall–Kier alpha value is -0.610. The lowest BCUT2D eigenvalue weighted by Gasteiger charge is -2.31. The van der Waals surface area contributed by atoms with E-state index in [4.69, 9.17) is 0 Å². The van der Waals surface area contributed by atoms with Gasteiger partial charge in [0.1, 0.15) is 0 Å². The number of aromatic nitrogens is 1. The van der Waals surface area contributed by atoms with Crippen LogP contribution in [-0.2, 0) is 0 Å². The normalized spacial score (nSPS) is 19.9. The Morgan fingerprint density at radius 3 is 2.75 bits per heavy atom. The van der Waals surface area contributed by atoms with Gasteiger partial charge in [-0.2, -0.15) is 0 Å². The van der Waals surface area contributed by atoms with E-state index >= 15 is 0 Å². The topological polar surface area (TPSA) is 19.4 Å². The summed E-state index contributed by atoms with van der Waals surface area (Å²) in [6.07, 6.45) is 1.75. The fraction of sp³-hybridized carbons (Fsp3) is 0.625. The van der Waals surface area contributed by atoms with Gasteiger partial charge in [-0.15, -0.1) is 0 Å². The van der Waals surface area contributed by atoms with Crippen molar-refractivity contribution in [2.24, 2.45) is 0 Å². The van der Waals surface area contributed by atoms with Crippen LogP contribution < -0.4 is 4.90 Å². The lowest BCUT2D eigenvalue weighted by Crippen LogP contribution is -2.44. The van der Waals surface area contributed by atoms with Gasteiger partial charge in [-0.1, -0.05) is 11.3 Å². The Kier molecular flexibility index (Phi) is 2.28. The highest BCUT2D eigenvalue weighted by Gasteiger charge is 2.15. The molecule has 1 aliphatic rings. The molecular formula is C8H12N3S. The highest BCUT2D eigenvalue weighted by Crippen LogP contribution is 2.17. The molecular weight excluding hydrogens is 170 g/mol. The maximum Gasteiger partial charge on any atom is 0.185 e. The van der Waals surface area contributed by atoms with Crippen molar-refractivity contribution in [2.45, 2.75) is 0 Å². The van der Waals surface area contributed by atoms with Crippen LogP contribution in [0.1, 0.15) is 0 Å². The van der Waals surface area contributed by atoms with Gasteiger partial charge in [-0.25, -0.2) is 4.98 Å². The second-order valence-corrected chi connectivity index (χ2v) is 3.86. The van der Waals surface area contributed by atoms with Crippen LogP contribution >= 0.6 is 11.3 Å². The number of likely N-dealkylation sites (N-methyl/N-ethyl adjacent to an activating group) is 1. The first kappa shape index (κ1) is 8.01. The Labute approximate surface area is 76.6 Å². The molecule has 0 bridgehead atoms. The SMILES string of the molecule is CN1CCN(c2nc[c]s2)CC1. The van der Waals surface area contributed by atoms with Crippen LogP contribution in [0.5, 0.6) is 0 Å². The minimum Gasteiger partial charge on any atom is -0.346 e. The highest BCUT2D eigenvalue weighted by molar-refractivity contribution is 7.13. The first-order valence-corrected chi connectivity index (χ1v) is 4.93. The first-order valence-electron chi connectivity index (χ1n) is 4.11. The summed E-state index contributed by atoms with van der Waals surface area (Å²) in [4.78, 5) is 8.90. The zero-order valence-electron chi connectivity index (χ0n) is 7.16. The van der Waals surface area contributed by atoms with E-state index in [-0.39, 0.29) is 0 Å². The molecule has 0 saturated carbocycles. The standard InChI is InChI=1S/C8H12N3S/c1-10-3-5-11(6-4-10)8-9-2-7-12-8/h2H,3-6H2,1H3. The molecule has 65 valence electrons. The van der Waals surface area contributed by atoms with Crippen molar-refractivity contribution in [3.05, 3.63) is 11.6 Å². The van der Waals surface area contributed by atoms with Gasteiger partial charge in [-0.3, -0.25) is 0 Å². The fourth-order valence-corrected chi connectivity index (χ4v) is 1.96. The molecule has 0 spiro atoms. The van der Waals surface area contributed by atoms with E-state index in [0.717, 1.165) is 31.3 Å². The monoisotopic (exact) mass is 182 g/mol. The summed E-state index contributed by atoms with van der Waals surface area (Å²) < 4.78 is 0. The molecule has 2 heterocycles. The maximum atomic E-state index is 4.24. The second-order valence-electron chi connectivity index (χ2n) is 3.05. The Morgan fingerprint density at radius 1 is 1.42 bits per heavy atom. The van der Waals surface area contributed by atoms with E-state index in [9.17, 15) is 0 Å². The van der Waals surface area contributed by atoms with E-state index in [1.807, 2.05) is 0 Å². The summed E-state index contributed by atoms with van der Waals surface area (Å²) >= 11 is 1.60. The van der Waals surface area contributed by atoms with Gasteiger partial charge in [0.15, 0.2) is 5.13 Å². The predicted molar refractivity (Wildman–Crippen MR) is 50.7 cm³/mol. The van der Waals surface area contributed by atoms with Gasteiger partial charge in [0.05, 0.1) is 5.38 Å². The Morgan fingerprint density at radius 2 is 2.17 bits per heavy atom. The zero-order chi connectivity index (χ0) is 8.39. The van der Waals surface area contributed by atoms with Gasteiger partial charge < -0.3 is 9.80 Å². The molecule has 0 amide bonds. The summed E-state index contributed by atoms with van der Waals surface area (Å²) in [6.45, 7) is 4.47. The minimum absolute atomic E-state index is 1.10. The van der Waals surface area contributed by atoms with Crippen LogP contribution in [-0.4, -0.2) is 43.1 Å². The molecule has 0 atom stereocenters. The average molecular weight is 182 g/mol. The number of piperazine rings is 1. The third-order valence-electron chi connectivity index (χ3n) is 2.15. The predicted octanol–water partition coefficient (Wildman–Crippen LogP) is 0.695. The molecule has 1 aromatic rings. The smallest absolute Gasteiger partial charge is 0.185 e. The summed E-state index contributed by atoms with van der Waals surface area (Å²) in [7, 11) is 2.16. The molecule has 0 unspecified atom stereocenters. The molecule has 1 saturated heterocycles. The second kappa shape index (κ2) is 3.41. The van der Waals surface area contributed by atoms with Crippen LogP contribution in [0.2, 0.25) is 0 Å². The van der Waals surface area contributed by atoms with Gasteiger partial charge in [0.25, 0.3) is 0 Å². The first-order chi connectivity index (χ1) is 5.86. The highest BCUT2D eigenvalue weighted by atomic mass is 32.1. The quantitative estimate of drug-likeness (QED) is 0.637. The van der Waals surface area contributed by atoms with Crippen LogP contribution in [0.4, 0.5) is 5.13 Å². The number of thiazole rings is 1. The van der Waals surface area contributed by atoms with Gasteiger partial charge in [-0.05, 0) is 7.05 Å². The van der Waals surface area contributed by atoms with E-state index < -0.39 is 0 Å². The summed E-state index contributed by atoms with van der Waals surface area (Å²) in [5.74, 6) is 0. The Balaban J connectivity index is 1.99. The van der Waals surface area contributed by atoms with Gasteiger partial charge in [0.2, 0.25) is 0 Å². The van der Waals surface area contributed by atoms with Gasteiger partial charge >= 0.3 is 0 Å². The molecule has 2 rings (SSSR count). The molecule has 1 aromatic heterocycles. The molecule has 0 N–H and O–H groups in total. The molecule has 1 aliphatic heterocycles. The molecule has 4 heteroatoms. The van der Waals surface area contributed by atoms with Crippen molar-refractivity contribution in [3.63, 3.8) is 0 Å². The van der Waals surface area contributed by atoms with Crippen molar-refractivity contribution in [1.82, 2.24) is 9.88 Å². The lowest BCUT2D eigenvalue weighted by molar-refractivity contribution is 0.313. The van der Waals surface area contributed by atoms with E-state index in [2.05, 4.69) is 27.2 Å². The van der Waals surface area contributed by atoms with Crippen molar-refractivity contribution >= 4 is 16.5 Å². The largest absolute Gasteiger partial charge is 0.346 e. The number of hydrogen-bond donors (Lipinski definition) is 0. The van der Waals surface area contributed by atoms with Gasteiger partial charge in [0, 0.05) is 32.4 Å². The number of rotatable bonds is 1. The minimum atomic E-state index is 1.10. The van der Waals surface area contributed by atoms with Crippen molar-refractivity contribution in [1.29, 1.82) is 0 Å². The molecule has 12 heavy (non-hydrogen) atoms. The molecule has 3 nitrogen and oxygen atoms in total. The third kappa shape index (κ3) is 1.59. The van der Waals surface area contributed by atoms with Crippen LogP contribution in [0.3, 0.4) is 0 Å². The summed E-state index contributed by atoms with van der Waals surface area (Å²) in [6, 6.07) is 0. The van der Waals surface area contributed by atoms with Crippen molar-refractivity contribution < 1.29 is 0 Å². The summed E-state index contributed by atoms with van der Waals surface area (Å²) in [5, 5.41) is 4.13. The van der Waals surface area contributed by atoms with E-state index in [1.165, 1.54) is 0 Å². The van der Waals surface area contributed by atoms with Crippen LogP contribution in [0.25, 0.3) is 0 Å². The van der Waals surface area contributed by atoms with E-state index in [1.54, 1.807) is 17.5 Å². The Bertz CT molecular complexity index is 226. The number of nitrogens with zero attached hydrogens (tertiary/aromatic N) is 3. The third-order valence-corrected chi connectivity index (χ3v) is 2.92. The van der Waals surface area contributed by atoms with Crippen LogP contribution in [0.15, 0.2) is 6.20 Å².